The second-order valence-electron chi connectivity index (χ2n) is 7.45. The van der Waals surface area contributed by atoms with Gasteiger partial charge in [-0.15, -0.1) is 0 Å². The molecule has 0 aliphatic carbocycles. The van der Waals surface area contributed by atoms with Crippen molar-refractivity contribution >= 4 is 16.7 Å². The Morgan fingerprint density at radius 3 is 2.32 bits per heavy atom. The Balaban J connectivity index is 0.00000109. The quantitative estimate of drug-likeness (QED) is 0.679. The molecular formula is C23H31N5. The molecule has 5 nitrogen and oxygen atoms in total. The lowest BCUT2D eigenvalue weighted by Crippen LogP contribution is -2.38. The highest BCUT2D eigenvalue weighted by molar-refractivity contribution is 5.93. The lowest BCUT2D eigenvalue weighted by Gasteiger charge is -2.33. The Hall–Kier alpha value is -2.53. The zero-order valence-electron chi connectivity index (χ0n) is 17.4. The summed E-state index contributed by atoms with van der Waals surface area (Å²) in [7, 11) is 0. The maximum atomic E-state index is 6.39. The summed E-state index contributed by atoms with van der Waals surface area (Å²) in [6.07, 6.45) is 5.74. The van der Waals surface area contributed by atoms with Gasteiger partial charge in [0.1, 0.15) is 11.6 Å². The number of pyridine rings is 1. The van der Waals surface area contributed by atoms with E-state index in [1.807, 2.05) is 38.4 Å². The maximum absolute atomic E-state index is 6.39. The predicted octanol–water partition coefficient (Wildman–Crippen LogP) is 4.97. The van der Waals surface area contributed by atoms with Crippen LogP contribution in [0.4, 0.5) is 5.82 Å². The average Bonchev–Trinajstić information content (AvgIpc) is 2.68. The van der Waals surface area contributed by atoms with Gasteiger partial charge in [-0.05, 0) is 54.2 Å². The van der Waals surface area contributed by atoms with Crippen LogP contribution in [0.5, 0.6) is 0 Å². The second-order valence-corrected chi connectivity index (χ2v) is 7.45. The molecule has 2 aromatic heterocycles. The Morgan fingerprint density at radius 1 is 1.00 bits per heavy atom. The smallest absolute Gasteiger partial charge is 0.148 e. The fourth-order valence-corrected chi connectivity index (χ4v) is 3.40. The molecule has 1 aliphatic heterocycles. The van der Waals surface area contributed by atoms with E-state index < -0.39 is 0 Å². The molecule has 0 radical (unpaired) electrons. The number of benzene rings is 1. The first-order valence-corrected chi connectivity index (χ1v) is 10.3. The molecule has 4 rings (SSSR count). The number of hydrogen-bond acceptors (Lipinski definition) is 5. The van der Waals surface area contributed by atoms with E-state index in [9.17, 15) is 0 Å². The van der Waals surface area contributed by atoms with E-state index in [1.165, 1.54) is 6.42 Å². The summed E-state index contributed by atoms with van der Waals surface area (Å²) in [5.41, 5.74) is 9.66. The zero-order valence-corrected chi connectivity index (χ0v) is 17.4. The van der Waals surface area contributed by atoms with Crippen LogP contribution in [-0.4, -0.2) is 28.0 Å². The Bertz CT molecular complexity index is 904. The summed E-state index contributed by atoms with van der Waals surface area (Å²) in [5.74, 6) is 2.29. The molecule has 2 N–H and O–H groups in total. The van der Waals surface area contributed by atoms with Gasteiger partial charge < -0.3 is 10.6 Å². The average molecular weight is 378 g/mol. The van der Waals surface area contributed by atoms with Crippen LogP contribution >= 0.6 is 0 Å². The van der Waals surface area contributed by atoms with Crippen molar-refractivity contribution < 1.29 is 0 Å². The number of anilines is 1. The van der Waals surface area contributed by atoms with Crippen LogP contribution in [0.15, 0.2) is 42.7 Å². The van der Waals surface area contributed by atoms with Gasteiger partial charge in [0.05, 0.1) is 11.6 Å². The molecule has 1 atom stereocenters. The molecule has 3 heterocycles. The van der Waals surface area contributed by atoms with Gasteiger partial charge in [-0.2, -0.15) is 0 Å². The van der Waals surface area contributed by atoms with Crippen LogP contribution in [0.2, 0.25) is 0 Å². The summed E-state index contributed by atoms with van der Waals surface area (Å²) in [5, 5.41) is 1.10. The van der Waals surface area contributed by atoms with Crippen molar-refractivity contribution in [2.45, 2.75) is 46.6 Å². The second kappa shape index (κ2) is 9.11. The van der Waals surface area contributed by atoms with E-state index in [1.54, 1.807) is 0 Å². The number of nitrogens with two attached hydrogens (primary N) is 1. The highest BCUT2D eigenvalue weighted by atomic mass is 15.2. The van der Waals surface area contributed by atoms with E-state index in [0.717, 1.165) is 53.2 Å². The molecule has 28 heavy (non-hydrogen) atoms. The molecule has 1 fully saturated rings. The predicted molar refractivity (Wildman–Crippen MR) is 117 cm³/mol. The number of aromatic nitrogens is 3. The van der Waals surface area contributed by atoms with Crippen molar-refractivity contribution in [1.82, 2.24) is 15.0 Å². The molecule has 0 spiro atoms. The van der Waals surface area contributed by atoms with Crippen LogP contribution in [0.25, 0.3) is 22.0 Å². The van der Waals surface area contributed by atoms with E-state index in [2.05, 4.69) is 41.9 Å². The van der Waals surface area contributed by atoms with Crippen LogP contribution in [-0.2, 0) is 0 Å². The lowest BCUT2D eigenvalue weighted by molar-refractivity contribution is 0.493. The first kappa shape index (κ1) is 20.2. The third-order valence-electron chi connectivity index (χ3n) is 4.92. The first-order valence-electron chi connectivity index (χ1n) is 10.3. The molecule has 3 aromatic rings. The van der Waals surface area contributed by atoms with E-state index >= 15 is 0 Å². The van der Waals surface area contributed by atoms with Gasteiger partial charge in [0, 0.05) is 30.9 Å². The van der Waals surface area contributed by atoms with Gasteiger partial charge in [0.25, 0.3) is 0 Å². The molecule has 0 saturated carbocycles. The number of hydrogen-bond donors (Lipinski definition) is 1. The van der Waals surface area contributed by atoms with Gasteiger partial charge in [0.2, 0.25) is 0 Å². The lowest BCUT2D eigenvalue weighted by atomic mass is 10.0. The van der Waals surface area contributed by atoms with Crippen molar-refractivity contribution in [3.05, 3.63) is 48.5 Å². The highest BCUT2D eigenvalue weighted by Gasteiger charge is 2.22. The monoisotopic (exact) mass is 377 g/mol. The Kier molecular flexibility index (Phi) is 6.57. The Labute approximate surface area is 168 Å². The van der Waals surface area contributed by atoms with Crippen LogP contribution in [0.3, 0.4) is 0 Å². The summed E-state index contributed by atoms with van der Waals surface area (Å²) in [4.78, 5) is 16.1. The number of rotatable bonds is 5. The number of fused-ring (bicyclic) bond motifs is 1. The van der Waals surface area contributed by atoms with E-state index in [-0.39, 0.29) is 6.04 Å². The molecule has 0 bridgehead atoms. The fraction of sp³-hybridized carbons (Fsp3) is 0.435. The van der Waals surface area contributed by atoms with Crippen molar-refractivity contribution in [2.24, 2.45) is 11.7 Å². The van der Waals surface area contributed by atoms with E-state index in [4.69, 9.17) is 15.7 Å². The SMILES string of the molecule is CC.CC(C)CC(N)c1nc(N2CCC2)c2cc(-c3ccncc3)ccc2n1. The molecule has 1 aliphatic rings. The minimum Gasteiger partial charge on any atom is -0.356 e. The number of nitrogens with zero attached hydrogens (tertiary/aromatic N) is 4. The topological polar surface area (TPSA) is 67.9 Å². The minimum absolute atomic E-state index is 0.126. The standard InChI is InChI=1S/C21H25N5.C2H6/c1-14(2)12-18(22)20-24-19-5-4-16(15-6-8-23-9-7-15)13-17(19)21(25-20)26-10-3-11-26;1-2/h4-9,13-14,18H,3,10-12,22H2,1-2H3;1-2H3. The zero-order chi connectivity index (χ0) is 20.1. The van der Waals surface area contributed by atoms with Gasteiger partial charge >= 0.3 is 0 Å². The van der Waals surface area contributed by atoms with Crippen LogP contribution < -0.4 is 10.6 Å². The van der Waals surface area contributed by atoms with Crippen molar-refractivity contribution in [1.29, 1.82) is 0 Å². The van der Waals surface area contributed by atoms with Gasteiger partial charge in [0.15, 0.2) is 0 Å². The summed E-state index contributed by atoms with van der Waals surface area (Å²) >= 11 is 0. The summed E-state index contributed by atoms with van der Waals surface area (Å²) in [6, 6.07) is 10.3. The molecule has 0 amide bonds. The molecule has 1 aromatic carbocycles. The molecule has 5 heteroatoms. The van der Waals surface area contributed by atoms with Gasteiger partial charge in [-0.1, -0.05) is 33.8 Å². The normalized spacial score (nSPS) is 14.4. The first-order chi connectivity index (χ1) is 13.6. The molecular weight excluding hydrogens is 346 g/mol. The summed E-state index contributed by atoms with van der Waals surface area (Å²) in [6.45, 7) is 10.4. The van der Waals surface area contributed by atoms with Crippen molar-refractivity contribution in [3.8, 4) is 11.1 Å². The minimum atomic E-state index is -0.126. The third kappa shape index (κ3) is 4.30. The molecule has 1 unspecified atom stereocenters. The summed E-state index contributed by atoms with van der Waals surface area (Å²) < 4.78 is 0. The fourth-order valence-electron chi connectivity index (χ4n) is 3.40. The Morgan fingerprint density at radius 2 is 1.71 bits per heavy atom. The third-order valence-corrected chi connectivity index (χ3v) is 4.92. The largest absolute Gasteiger partial charge is 0.356 e. The molecule has 148 valence electrons. The van der Waals surface area contributed by atoms with Gasteiger partial charge in [-0.25, -0.2) is 9.97 Å². The van der Waals surface area contributed by atoms with Crippen LogP contribution in [0, 0.1) is 5.92 Å². The van der Waals surface area contributed by atoms with Crippen molar-refractivity contribution in [3.63, 3.8) is 0 Å². The highest BCUT2D eigenvalue weighted by Crippen LogP contribution is 2.32. The van der Waals surface area contributed by atoms with Crippen molar-refractivity contribution in [2.75, 3.05) is 18.0 Å². The maximum Gasteiger partial charge on any atom is 0.148 e. The molecule has 1 saturated heterocycles. The van der Waals surface area contributed by atoms with Gasteiger partial charge in [-0.3, -0.25) is 4.98 Å². The van der Waals surface area contributed by atoms with E-state index in [0.29, 0.717) is 5.92 Å². The van der Waals surface area contributed by atoms with Crippen LogP contribution in [0.1, 0.15) is 52.4 Å².